The summed E-state index contributed by atoms with van der Waals surface area (Å²) in [6.07, 6.45) is 1.78. The molecular weight excluding hydrogens is 665 g/mol. The fraction of sp³-hybridized carbons (Fsp3) is 0.341. The topological polar surface area (TPSA) is 100 Å². The van der Waals surface area contributed by atoms with Crippen molar-refractivity contribution in [1.82, 2.24) is 25.4 Å². The second-order valence-electron chi connectivity index (χ2n) is 14.2. The number of likely N-dealkylation sites (tertiary alicyclic amines) is 1. The number of amides is 2. The van der Waals surface area contributed by atoms with Crippen molar-refractivity contribution in [3.05, 3.63) is 118 Å². The van der Waals surface area contributed by atoms with Crippen molar-refractivity contribution in [1.29, 1.82) is 0 Å². The molecule has 2 saturated heterocycles. The Morgan fingerprint density at radius 1 is 0.962 bits per heavy atom. The van der Waals surface area contributed by atoms with Gasteiger partial charge in [-0.25, -0.2) is 13.2 Å². The lowest BCUT2D eigenvalue weighted by molar-refractivity contribution is -0.137. The Morgan fingerprint density at radius 3 is 2.42 bits per heavy atom. The first kappa shape index (κ1) is 35.3. The van der Waals surface area contributed by atoms with Gasteiger partial charge in [-0.05, 0) is 87.9 Å². The van der Waals surface area contributed by atoms with Gasteiger partial charge >= 0.3 is 0 Å². The summed E-state index contributed by atoms with van der Waals surface area (Å²) >= 11 is 0. The zero-order valence-electron chi connectivity index (χ0n) is 29.4. The Bertz CT molecular complexity index is 2130. The fourth-order valence-electron chi connectivity index (χ4n) is 7.51. The maximum absolute atomic E-state index is 15.0. The van der Waals surface area contributed by atoms with Gasteiger partial charge in [0.2, 0.25) is 11.8 Å². The second kappa shape index (κ2) is 14.5. The van der Waals surface area contributed by atoms with Crippen molar-refractivity contribution >= 4 is 28.4 Å². The van der Waals surface area contributed by atoms with Crippen LogP contribution in [0.5, 0.6) is 0 Å². The molecule has 268 valence electrons. The van der Waals surface area contributed by atoms with E-state index in [1.54, 1.807) is 13.1 Å². The van der Waals surface area contributed by atoms with Gasteiger partial charge in [-0.2, -0.15) is 5.10 Å². The Hall–Kier alpha value is -5.16. The van der Waals surface area contributed by atoms with E-state index in [0.29, 0.717) is 30.3 Å². The Morgan fingerprint density at radius 2 is 1.69 bits per heavy atom. The fourth-order valence-corrected chi connectivity index (χ4v) is 7.51. The van der Waals surface area contributed by atoms with E-state index in [4.69, 9.17) is 4.98 Å². The maximum Gasteiger partial charge on any atom is 0.266 e. The SMILES string of the molecule is Cc1nnc(N[C@H](C)c2cccc(C(F)F)c2F)c2cc(-c3cccc(CN4CCC(c5ccc([C@@]6(C)CCC(=O)NC6=O)cc5)CC4)c3)ncc12. The minimum absolute atomic E-state index is 0.122. The lowest BCUT2D eigenvalue weighted by Gasteiger charge is -2.34. The number of fused-ring (bicyclic) bond motifs is 1. The molecule has 7 rings (SSSR count). The molecule has 8 nitrogen and oxygen atoms in total. The van der Waals surface area contributed by atoms with Gasteiger partial charge in [0.15, 0.2) is 5.82 Å². The number of benzene rings is 3. The minimum atomic E-state index is -2.91. The van der Waals surface area contributed by atoms with Gasteiger partial charge in [-0.1, -0.05) is 60.7 Å². The third-order valence-electron chi connectivity index (χ3n) is 10.8. The number of hydrogen-bond acceptors (Lipinski definition) is 7. The second-order valence-corrected chi connectivity index (χ2v) is 14.2. The first-order chi connectivity index (χ1) is 25.0. The summed E-state index contributed by atoms with van der Waals surface area (Å²) in [5.41, 5.74) is 4.58. The Balaban J connectivity index is 1.03. The number of carbonyl (C=O) groups is 2. The average molecular weight is 707 g/mol. The molecule has 0 unspecified atom stereocenters. The largest absolute Gasteiger partial charge is 0.361 e. The number of nitrogens with one attached hydrogen (secondary N) is 2. The van der Waals surface area contributed by atoms with E-state index in [1.807, 2.05) is 44.2 Å². The van der Waals surface area contributed by atoms with E-state index in [-0.39, 0.29) is 17.4 Å². The zero-order valence-corrected chi connectivity index (χ0v) is 29.4. The van der Waals surface area contributed by atoms with Gasteiger partial charge < -0.3 is 5.32 Å². The normalized spacial score (nSPS) is 19.2. The van der Waals surface area contributed by atoms with E-state index in [9.17, 15) is 22.8 Å². The van der Waals surface area contributed by atoms with Crippen molar-refractivity contribution in [3.8, 4) is 11.3 Å². The van der Waals surface area contributed by atoms with Crippen LogP contribution in [0.1, 0.15) is 91.4 Å². The van der Waals surface area contributed by atoms with Crippen LogP contribution in [0.4, 0.5) is 19.0 Å². The first-order valence-electron chi connectivity index (χ1n) is 17.7. The Kier molecular flexibility index (Phi) is 9.80. The predicted molar refractivity (Wildman–Crippen MR) is 194 cm³/mol. The average Bonchev–Trinajstić information content (AvgIpc) is 3.15. The number of alkyl halides is 2. The number of nitrogens with zero attached hydrogens (tertiary/aromatic N) is 4. The smallest absolute Gasteiger partial charge is 0.266 e. The predicted octanol–water partition coefficient (Wildman–Crippen LogP) is 8.32. The van der Waals surface area contributed by atoms with Crippen LogP contribution in [0.3, 0.4) is 0 Å². The number of hydrogen-bond donors (Lipinski definition) is 2. The van der Waals surface area contributed by atoms with E-state index in [1.165, 1.54) is 23.3 Å². The van der Waals surface area contributed by atoms with E-state index in [0.717, 1.165) is 66.1 Å². The number of aromatic nitrogens is 3. The summed E-state index contributed by atoms with van der Waals surface area (Å²) in [5.74, 6) is -0.508. The number of halogens is 3. The van der Waals surface area contributed by atoms with Crippen LogP contribution in [0.2, 0.25) is 0 Å². The van der Waals surface area contributed by atoms with Crippen LogP contribution in [0.25, 0.3) is 22.0 Å². The number of aryl methyl sites for hydroxylation is 1. The molecule has 5 aromatic rings. The number of piperidine rings is 2. The number of carbonyl (C=O) groups excluding carboxylic acids is 2. The molecule has 2 atom stereocenters. The molecule has 2 aliphatic heterocycles. The van der Waals surface area contributed by atoms with Crippen LogP contribution < -0.4 is 10.6 Å². The molecule has 0 spiro atoms. The highest BCUT2D eigenvalue weighted by molar-refractivity contribution is 6.03. The van der Waals surface area contributed by atoms with Crippen molar-refractivity contribution in [2.24, 2.45) is 0 Å². The molecular formula is C41H41F3N6O2. The lowest BCUT2D eigenvalue weighted by atomic mass is 9.75. The van der Waals surface area contributed by atoms with Gasteiger partial charge in [0, 0.05) is 41.1 Å². The highest BCUT2D eigenvalue weighted by atomic mass is 19.3. The third-order valence-corrected chi connectivity index (χ3v) is 10.8. The van der Waals surface area contributed by atoms with Gasteiger partial charge in [-0.3, -0.25) is 24.8 Å². The Labute approximate surface area is 300 Å². The minimum Gasteiger partial charge on any atom is -0.361 e. The van der Waals surface area contributed by atoms with Gasteiger partial charge in [-0.15, -0.1) is 5.10 Å². The summed E-state index contributed by atoms with van der Waals surface area (Å²) in [6.45, 7) is 8.17. The molecule has 2 aliphatic rings. The van der Waals surface area contributed by atoms with Crippen molar-refractivity contribution < 1.29 is 22.8 Å². The number of pyridine rings is 1. The molecule has 0 saturated carbocycles. The molecule has 2 aromatic heterocycles. The number of imide groups is 1. The van der Waals surface area contributed by atoms with Crippen molar-refractivity contribution in [3.63, 3.8) is 0 Å². The van der Waals surface area contributed by atoms with Crippen LogP contribution in [0, 0.1) is 12.7 Å². The molecule has 52 heavy (non-hydrogen) atoms. The molecule has 0 bridgehead atoms. The molecule has 2 fully saturated rings. The highest BCUT2D eigenvalue weighted by Crippen LogP contribution is 2.36. The number of rotatable bonds is 9. The number of anilines is 1. The monoisotopic (exact) mass is 706 g/mol. The van der Waals surface area contributed by atoms with Crippen LogP contribution in [-0.4, -0.2) is 45.0 Å². The third kappa shape index (κ3) is 7.01. The highest BCUT2D eigenvalue weighted by Gasteiger charge is 2.40. The molecule has 4 heterocycles. The van der Waals surface area contributed by atoms with E-state index in [2.05, 4.69) is 50.0 Å². The lowest BCUT2D eigenvalue weighted by Crippen LogP contribution is -2.49. The molecule has 3 aromatic carbocycles. The van der Waals surface area contributed by atoms with Gasteiger partial charge in [0.1, 0.15) is 5.82 Å². The van der Waals surface area contributed by atoms with Crippen molar-refractivity contribution in [2.75, 3.05) is 18.4 Å². The van der Waals surface area contributed by atoms with Crippen LogP contribution >= 0.6 is 0 Å². The summed E-state index contributed by atoms with van der Waals surface area (Å²) in [5, 5.41) is 15.8. The standard InChI is InChI=1S/C41H41F3N6O2/c1-24(31-8-5-9-32(37(31)42)38(43)44)46-39-33-21-35(45-22-34(33)25(2)48-49-39)29-7-4-6-26(20-29)23-50-18-15-28(16-19-50)27-10-12-30(13-11-27)41(3)17-14-36(51)47-40(41)52/h4-13,20-22,24,28,38H,14-19,23H2,1-3H3,(H,46,49)(H,47,51,52)/t24-,41-/m1/s1. The van der Waals surface area contributed by atoms with Gasteiger partial charge in [0.25, 0.3) is 6.43 Å². The van der Waals surface area contributed by atoms with E-state index < -0.39 is 29.3 Å². The van der Waals surface area contributed by atoms with E-state index >= 15 is 0 Å². The molecule has 11 heteroatoms. The van der Waals surface area contributed by atoms with Gasteiger partial charge in [0.05, 0.1) is 28.4 Å². The summed E-state index contributed by atoms with van der Waals surface area (Å²) in [6, 6.07) is 22.0. The summed E-state index contributed by atoms with van der Waals surface area (Å²) in [7, 11) is 0. The summed E-state index contributed by atoms with van der Waals surface area (Å²) < 4.78 is 41.7. The first-order valence-corrected chi connectivity index (χ1v) is 17.7. The molecule has 0 aliphatic carbocycles. The maximum atomic E-state index is 15.0. The summed E-state index contributed by atoms with van der Waals surface area (Å²) in [4.78, 5) is 31.5. The quantitative estimate of drug-likeness (QED) is 0.149. The van der Waals surface area contributed by atoms with Crippen LogP contribution in [-0.2, 0) is 21.5 Å². The van der Waals surface area contributed by atoms with Crippen LogP contribution in [0.15, 0.2) is 79.0 Å². The molecule has 2 amide bonds. The zero-order chi connectivity index (χ0) is 36.6. The van der Waals surface area contributed by atoms with Crippen molar-refractivity contribution in [2.45, 2.75) is 76.8 Å². The molecule has 2 N–H and O–H groups in total. The molecule has 0 radical (unpaired) electrons.